The Kier molecular flexibility index (Phi) is 2.13. The van der Waals surface area contributed by atoms with Gasteiger partial charge in [-0.1, -0.05) is 13.8 Å². The fraction of sp³-hybridized carbons (Fsp3) is 0.444. The van der Waals surface area contributed by atoms with E-state index in [1.165, 1.54) is 0 Å². The molecule has 2 heteroatoms. The molecule has 0 radical (unpaired) electrons. The summed E-state index contributed by atoms with van der Waals surface area (Å²) in [5.41, 5.74) is 1.17. The highest BCUT2D eigenvalue weighted by Gasteiger charge is 1.98. The van der Waals surface area contributed by atoms with Gasteiger partial charge in [0.2, 0.25) is 0 Å². The zero-order valence-corrected chi connectivity index (χ0v) is 7.16. The van der Waals surface area contributed by atoms with Gasteiger partial charge in [-0.3, -0.25) is 4.79 Å². The zero-order valence-electron chi connectivity index (χ0n) is 7.16. The predicted molar refractivity (Wildman–Crippen MR) is 45.8 cm³/mol. The highest BCUT2D eigenvalue weighted by molar-refractivity contribution is 5.14. The number of aryl methyl sites for hydroxylation is 1. The number of hydrogen-bond acceptors (Lipinski definition) is 1. The van der Waals surface area contributed by atoms with Crippen molar-refractivity contribution < 1.29 is 0 Å². The van der Waals surface area contributed by atoms with Crippen molar-refractivity contribution >= 4 is 0 Å². The normalized spacial score (nSPS) is 10.5. The Labute approximate surface area is 66.5 Å². The molecule has 0 aliphatic rings. The van der Waals surface area contributed by atoms with Crippen LogP contribution in [0.25, 0.3) is 0 Å². The molecular formula is C9H13NO. The summed E-state index contributed by atoms with van der Waals surface area (Å²) in [6, 6.07) is 3.66. The Bertz CT molecular complexity index is 299. The number of pyridine rings is 1. The number of rotatable bonds is 1. The highest BCUT2D eigenvalue weighted by Crippen LogP contribution is 2.09. The van der Waals surface area contributed by atoms with Crippen molar-refractivity contribution in [1.82, 2.24) is 4.57 Å². The molecule has 11 heavy (non-hydrogen) atoms. The summed E-state index contributed by atoms with van der Waals surface area (Å²) in [5, 5.41) is 0. The number of aromatic nitrogens is 1. The van der Waals surface area contributed by atoms with Crippen LogP contribution < -0.4 is 5.56 Å². The molecule has 0 amide bonds. The van der Waals surface area contributed by atoms with Crippen LogP contribution in [0.3, 0.4) is 0 Å². The van der Waals surface area contributed by atoms with Crippen LogP contribution in [0.15, 0.2) is 23.1 Å². The lowest BCUT2D eigenvalue weighted by molar-refractivity contribution is 0.813. The van der Waals surface area contributed by atoms with Crippen LogP contribution in [0.5, 0.6) is 0 Å². The van der Waals surface area contributed by atoms with E-state index in [0.717, 1.165) is 5.56 Å². The van der Waals surface area contributed by atoms with Crippen molar-refractivity contribution in [3.63, 3.8) is 0 Å². The third-order valence-electron chi connectivity index (χ3n) is 1.80. The highest BCUT2D eigenvalue weighted by atomic mass is 16.1. The largest absolute Gasteiger partial charge is 0.319 e. The number of nitrogens with zero attached hydrogens (tertiary/aromatic N) is 1. The molecule has 0 unspecified atom stereocenters. The van der Waals surface area contributed by atoms with Crippen LogP contribution in [0.4, 0.5) is 0 Å². The Morgan fingerprint density at radius 1 is 1.45 bits per heavy atom. The van der Waals surface area contributed by atoms with E-state index in [0.29, 0.717) is 5.92 Å². The van der Waals surface area contributed by atoms with Crippen LogP contribution in [0.1, 0.15) is 25.3 Å². The fourth-order valence-corrected chi connectivity index (χ4v) is 0.923. The lowest BCUT2D eigenvalue weighted by Crippen LogP contribution is -2.15. The Hall–Kier alpha value is -1.05. The van der Waals surface area contributed by atoms with Crippen LogP contribution in [0, 0.1) is 0 Å². The van der Waals surface area contributed by atoms with Crippen molar-refractivity contribution in [3.05, 3.63) is 34.2 Å². The molecule has 1 heterocycles. The predicted octanol–water partition coefficient (Wildman–Crippen LogP) is 1.51. The first kappa shape index (κ1) is 8.05. The lowest BCUT2D eigenvalue weighted by Gasteiger charge is -2.04. The molecule has 0 aliphatic heterocycles. The molecule has 0 spiro atoms. The molecule has 0 bridgehead atoms. The summed E-state index contributed by atoms with van der Waals surface area (Å²) in [6.45, 7) is 4.16. The summed E-state index contributed by atoms with van der Waals surface area (Å²) in [4.78, 5) is 11.1. The van der Waals surface area contributed by atoms with Gasteiger partial charge in [0.1, 0.15) is 0 Å². The van der Waals surface area contributed by atoms with Gasteiger partial charge in [-0.2, -0.15) is 0 Å². The molecule has 1 rings (SSSR count). The molecule has 0 aliphatic carbocycles. The van der Waals surface area contributed by atoms with E-state index in [9.17, 15) is 4.79 Å². The molecule has 1 aromatic heterocycles. The van der Waals surface area contributed by atoms with Gasteiger partial charge < -0.3 is 4.57 Å². The van der Waals surface area contributed by atoms with Gasteiger partial charge >= 0.3 is 0 Å². The molecule has 0 fully saturated rings. The van der Waals surface area contributed by atoms with Crippen molar-refractivity contribution in [1.29, 1.82) is 0 Å². The minimum Gasteiger partial charge on any atom is -0.319 e. The third kappa shape index (κ3) is 1.70. The van der Waals surface area contributed by atoms with Crippen molar-refractivity contribution in [3.8, 4) is 0 Å². The van der Waals surface area contributed by atoms with Gasteiger partial charge in [-0.25, -0.2) is 0 Å². The average molecular weight is 151 g/mol. The van der Waals surface area contributed by atoms with Crippen LogP contribution in [-0.2, 0) is 7.05 Å². The van der Waals surface area contributed by atoms with Crippen LogP contribution >= 0.6 is 0 Å². The fourth-order valence-electron chi connectivity index (χ4n) is 0.923. The van der Waals surface area contributed by atoms with E-state index in [1.54, 1.807) is 23.9 Å². The SMILES string of the molecule is CC(C)c1ccn(C)c(=O)c1. The van der Waals surface area contributed by atoms with Crippen molar-refractivity contribution in [2.45, 2.75) is 19.8 Å². The van der Waals surface area contributed by atoms with E-state index >= 15 is 0 Å². The molecule has 0 atom stereocenters. The minimum absolute atomic E-state index is 0.0659. The summed E-state index contributed by atoms with van der Waals surface area (Å²) in [7, 11) is 1.76. The Morgan fingerprint density at radius 2 is 2.09 bits per heavy atom. The quantitative estimate of drug-likeness (QED) is 0.596. The second-order valence-electron chi connectivity index (χ2n) is 3.06. The van der Waals surface area contributed by atoms with Crippen molar-refractivity contribution in [2.24, 2.45) is 7.05 Å². The van der Waals surface area contributed by atoms with E-state index in [2.05, 4.69) is 13.8 Å². The Balaban J connectivity index is 3.16. The molecule has 0 saturated carbocycles. The first-order chi connectivity index (χ1) is 5.11. The molecule has 2 nitrogen and oxygen atoms in total. The third-order valence-corrected chi connectivity index (χ3v) is 1.80. The van der Waals surface area contributed by atoms with Crippen LogP contribution in [-0.4, -0.2) is 4.57 Å². The van der Waals surface area contributed by atoms with Gasteiger partial charge in [0.05, 0.1) is 0 Å². The van der Waals surface area contributed by atoms with Gasteiger partial charge in [-0.05, 0) is 17.5 Å². The first-order valence-electron chi connectivity index (χ1n) is 3.78. The summed E-state index contributed by atoms with van der Waals surface area (Å²) < 4.78 is 1.58. The molecule has 0 N–H and O–H groups in total. The van der Waals surface area contributed by atoms with Gasteiger partial charge in [-0.15, -0.1) is 0 Å². The lowest BCUT2D eigenvalue weighted by atomic mass is 10.1. The summed E-state index contributed by atoms with van der Waals surface area (Å²) in [6.07, 6.45) is 1.80. The van der Waals surface area contributed by atoms with Crippen molar-refractivity contribution in [2.75, 3.05) is 0 Å². The second-order valence-corrected chi connectivity index (χ2v) is 3.06. The molecule has 0 aromatic carbocycles. The van der Waals surface area contributed by atoms with E-state index < -0.39 is 0 Å². The van der Waals surface area contributed by atoms with Gasteiger partial charge in [0, 0.05) is 19.3 Å². The molecule has 60 valence electrons. The maximum atomic E-state index is 11.1. The van der Waals surface area contributed by atoms with E-state index in [-0.39, 0.29) is 5.56 Å². The average Bonchev–Trinajstić information content (AvgIpc) is 1.94. The van der Waals surface area contributed by atoms with Gasteiger partial charge in [0.15, 0.2) is 0 Å². The topological polar surface area (TPSA) is 22.0 Å². The minimum atomic E-state index is 0.0659. The Morgan fingerprint density at radius 3 is 2.55 bits per heavy atom. The first-order valence-corrected chi connectivity index (χ1v) is 3.78. The smallest absolute Gasteiger partial charge is 0.250 e. The monoisotopic (exact) mass is 151 g/mol. The summed E-state index contributed by atoms with van der Waals surface area (Å²) >= 11 is 0. The second kappa shape index (κ2) is 2.91. The molecule has 1 aromatic rings. The number of hydrogen-bond donors (Lipinski definition) is 0. The molecule has 0 saturated heterocycles. The molecular weight excluding hydrogens is 138 g/mol. The van der Waals surface area contributed by atoms with E-state index in [1.807, 2.05) is 6.07 Å². The van der Waals surface area contributed by atoms with E-state index in [4.69, 9.17) is 0 Å². The maximum Gasteiger partial charge on any atom is 0.250 e. The maximum absolute atomic E-state index is 11.1. The summed E-state index contributed by atoms with van der Waals surface area (Å²) in [5.74, 6) is 0.434. The van der Waals surface area contributed by atoms with Crippen LogP contribution in [0.2, 0.25) is 0 Å². The van der Waals surface area contributed by atoms with Gasteiger partial charge in [0.25, 0.3) is 5.56 Å². The standard InChI is InChI=1S/C9H13NO/c1-7(2)8-4-5-10(3)9(11)6-8/h4-7H,1-3H3. The zero-order chi connectivity index (χ0) is 8.43.